The van der Waals surface area contributed by atoms with Gasteiger partial charge in [-0.25, -0.2) is 9.97 Å². The molecule has 0 unspecified atom stereocenters. The van der Waals surface area contributed by atoms with Crippen LogP contribution in [0, 0.1) is 0 Å². The second-order valence-electron chi connectivity index (χ2n) is 5.72. The molecule has 1 aromatic carbocycles. The number of nitrogens with one attached hydrogen (secondary N) is 1. The van der Waals surface area contributed by atoms with Gasteiger partial charge in [0.15, 0.2) is 0 Å². The number of anilines is 1. The summed E-state index contributed by atoms with van der Waals surface area (Å²) in [5.74, 6) is 1.25. The molecule has 1 aliphatic rings. The van der Waals surface area contributed by atoms with Gasteiger partial charge in [0.25, 0.3) is 0 Å². The number of aromatic nitrogens is 2. The van der Waals surface area contributed by atoms with E-state index < -0.39 is 0 Å². The Morgan fingerprint density at radius 1 is 1.10 bits per heavy atom. The molecular formula is C17H22N4. The molecule has 1 saturated heterocycles. The van der Waals surface area contributed by atoms with Gasteiger partial charge >= 0.3 is 0 Å². The highest BCUT2D eigenvalue weighted by molar-refractivity contribution is 5.74. The molecule has 1 fully saturated rings. The minimum absolute atomic E-state index is 0.338. The summed E-state index contributed by atoms with van der Waals surface area (Å²) < 4.78 is 0. The molecule has 0 spiro atoms. The molecule has 3 rings (SSSR count). The molecule has 110 valence electrons. The maximum absolute atomic E-state index is 4.84. The SMILES string of the molecule is CC(C)c1ncc(N2CCNCC2)c(-c2ccccc2)n1. The van der Waals surface area contributed by atoms with E-state index in [2.05, 4.69) is 53.3 Å². The van der Waals surface area contributed by atoms with E-state index in [9.17, 15) is 0 Å². The Kier molecular flexibility index (Phi) is 4.15. The number of piperazine rings is 1. The van der Waals surface area contributed by atoms with Crippen LogP contribution in [-0.2, 0) is 0 Å². The van der Waals surface area contributed by atoms with Crippen molar-refractivity contribution >= 4 is 5.69 Å². The summed E-state index contributed by atoms with van der Waals surface area (Å²) in [6.45, 7) is 8.30. The predicted octanol–water partition coefficient (Wildman–Crippen LogP) is 2.68. The lowest BCUT2D eigenvalue weighted by Crippen LogP contribution is -2.43. The van der Waals surface area contributed by atoms with Crippen molar-refractivity contribution in [3.63, 3.8) is 0 Å². The molecule has 1 aromatic heterocycles. The van der Waals surface area contributed by atoms with E-state index in [1.165, 1.54) is 0 Å². The zero-order valence-electron chi connectivity index (χ0n) is 12.7. The number of benzene rings is 1. The zero-order chi connectivity index (χ0) is 14.7. The van der Waals surface area contributed by atoms with Crippen LogP contribution in [0.15, 0.2) is 36.5 Å². The van der Waals surface area contributed by atoms with Crippen LogP contribution in [0.1, 0.15) is 25.6 Å². The van der Waals surface area contributed by atoms with Gasteiger partial charge in [-0.05, 0) is 0 Å². The van der Waals surface area contributed by atoms with E-state index in [-0.39, 0.29) is 0 Å². The molecule has 4 heteroatoms. The Morgan fingerprint density at radius 2 is 1.81 bits per heavy atom. The highest BCUT2D eigenvalue weighted by Crippen LogP contribution is 2.29. The quantitative estimate of drug-likeness (QED) is 0.939. The maximum atomic E-state index is 4.84. The molecule has 0 saturated carbocycles. The van der Waals surface area contributed by atoms with Crippen molar-refractivity contribution in [2.24, 2.45) is 0 Å². The summed E-state index contributed by atoms with van der Waals surface area (Å²) in [4.78, 5) is 11.8. The lowest BCUT2D eigenvalue weighted by Gasteiger charge is -2.30. The molecule has 2 heterocycles. The highest BCUT2D eigenvalue weighted by atomic mass is 15.2. The van der Waals surface area contributed by atoms with E-state index in [1.807, 2.05) is 12.3 Å². The van der Waals surface area contributed by atoms with Crippen LogP contribution >= 0.6 is 0 Å². The molecule has 0 atom stereocenters. The third-order valence-electron chi connectivity index (χ3n) is 3.81. The average molecular weight is 282 g/mol. The number of nitrogens with zero attached hydrogens (tertiary/aromatic N) is 3. The first-order valence-electron chi connectivity index (χ1n) is 7.63. The molecule has 0 aliphatic carbocycles. The maximum Gasteiger partial charge on any atom is 0.131 e. The van der Waals surface area contributed by atoms with E-state index in [4.69, 9.17) is 4.98 Å². The lowest BCUT2D eigenvalue weighted by atomic mass is 10.1. The molecule has 21 heavy (non-hydrogen) atoms. The average Bonchev–Trinajstić information content (AvgIpc) is 2.56. The van der Waals surface area contributed by atoms with E-state index in [1.54, 1.807) is 0 Å². The van der Waals surface area contributed by atoms with E-state index in [0.717, 1.165) is 48.9 Å². The third-order valence-corrected chi connectivity index (χ3v) is 3.81. The Morgan fingerprint density at radius 3 is 2.48 bits per heavy atom. The first-order chi connectivity index (χ1) is 10.3. The Hall–Kier alpha value is -1.94. The van der Waals surface area contributed by atoms with Gasteiger partial charge in [0.05, 0.1) is 17.6 Å². The van der Waals surface area contributed by atoms with Crippen LogP contribution < -0.4 is 10.2 Å². The van der Waals surface area contributed by atoms with Crippen LogP contribution in [0.2, 0.25) is 0 Å². The Labute approximate surface area is 126 Å². The van der Waals surface area contributed by atoms with Gasteiger partial charge in [0, 0.05) is 37.7 Å². The van der Waals surface area contributed by atoms with Gasteiger partial charge in [-0.2, -0.15) is 0 Å². The largest absolute Gasteiger partial charge is 0.366 e. The summed E-state index contributed by atoms with van der Waals surface area (Å²) in [5.41, 5.74) is 3.36. The van der Waals surface area contributed by atoms with Crippen molar-refractivity contribution in [3.05, 3.63) is 42.4 Å². The molecule has 4 nitrogen and oxygen atoms in total. The first kappa shape index (κ1) is 14.0. The fourth-order valence-electron chi connectivity index (χ4n) is 2.61. The number of hydrogen-bond acceptors (Lipinski definition) is 4. The molecule has 0 bridgehead atoms. The van der Waals surface area contributed by atoms with Crippen molar-refractivity contribution in [2.75, 3.05) is 31.1 Å². The van der Waals surface area contributed by atoms with Crippen LogP contribution in [0.3, 0.4) is 0 Å². The van der Waals surface area contributed by atoms with Gasteiger partial charge in [-0.3, -0.25) is 0 Å². The van der Waals surface area contributed by atoms with Crippen molar-refractivity contribution in [1.82, 2.24) is 15.3 Å². The minimum atomic E-state index is 0.338. The van der Waals surface area contributed by atoms with Gasteiger partial charge in [0.2, 0.25) is 0 Å². The lowest BCUT2D eigenvalue weighted by molar-refractivity contribution is 0.588. The summed E-state index contributed by atoms with van der Waals surface area (Å²) >= 11 is 0. The first-order valence-corrected chi connectivity index (χ1v) is 7.63. The summed E-state index contributed by atoms with van der Waals surface area (Å²) in [6.07, 6.45) is 2.00. The van der Waals surface area contributed by atoms with Gasteiger partial charge in [0.1, 0.15) is 5.82 Å². The Balaban J connectivity index is 2.06. The normalized spacial score (nSPS) is 15.5. The van der Waals surface area contributed by atoms with Gasteiger partial charge in [-0.15, -0.1) is 0 Å². The topological polar surface area (TPSA) is 41.1 Å². The summed E-state index contributed by atoms with van der Waals surface area (Å²) in [7, 11) is 0. The minimum Gasteiger partial charge on any atom is -0.366 e. The second kappa shape index (κ2) is 6.22. The van der Waals surface area contributed by atoms with Crippen LogP contribution in [0.25, 0.3) is 11.3 Å². The Bertz CT molecular complexity index is 589. The van der Waals surface area contributed by atoms with Crippen LogP contribution in [0.4, 0.5) is 5.69 Å². The summed E-state index contributed by atoms with van der Waals surface area (Å²) in [5, 5.41) is 3.39. The van der Waals surface area contributed by atoms with Crippen molar-refractivity contribution in [2.45, 2.75) is 19.8 Å². The standard InChI is InChI=1S/C17H22N4/c1-13(2)17-19-12-15(21-10-8-18-9-11-21)16(20-17)14-6-4-3-5-7-14/h3-7,12-13,18H,8-11H2,1-2H3. The van der Waals surface area contributed by atoms with Crippen molar-refractivity contribution in [3.8, 4) is 11.3 Å². The second-order valence-corrected chi connectivity index (χ2v) is 5.72. The van der Waals surface area contributed by atoms with Crippen LogP contribution in [-0.4, -0.2) is 36.1 Å². The predicted molar refractivity (Wildman–Crippen MR) is 86.6 cm³/mol. The number of hydrogen-bond donors (Lipinski definition) is 1. The van der Waals surface area contributed by atoms with Crippen LogP contribution in [0.5, 0.6) is 0 Å². The monoisotopic (exact) mass is 282 g/mol. The zero-order valence-corrected chi connectivity index (χ0v) is 12.7. The molecule has 0 radical (unpaired) electrons. The summed E-state index contributed by atoms with van der Waals surface area (Å²) in [6, 6.07) is 10.4. The molecule has 0 amide bonds. The smallest absolute Gasteiger partial charge is 0.131 e. The molecule has 1 N–H and O–H groups in total. The third kappa shape index (κ3) is 3.05. The van der Waals surface area contributed by atoms with Crippen molar-refractivity contribution in [1.29, 1.82) is 0 Å². The molecular weight excluding hydrogens is 260 g/mol. The molecule has 2 aromatic rings. The van der Waals surface area contributed by atoms with Gasteiger partial charge < -0.3 is 10.2 Å². The van der Waals surface area contributed by atoms with E-state index >= 15 is 0 Å². The molecule has 1 aliphatic heterocycles. The van der Waals surface area contributed by atoms with E-state index in [0.29, 0.717) is 5.92 Å². The fraction of sp³-hybridized carbons (Fsp3) is 0.412. The fourth-order valence-corrected chi connectivity index (χ4v) is 2.61. The highest BCUT2D eigenvalue weighted by Gasteiger charge is 2.18. The van der Waals surface area contributed by atoms with Gasteiger partial charge in [-0.1, -0.05) is 44.2 Å². The van der Waals surface area contributed by atoms with Crippen molar-refractivity contribution < 1.29 is 0 Å². The number of rotatable bonds is 3.